The summed E-state index contributed by atoms with van der Waals surface area (Å²) in [6, 6.07) is 18.8. The summed E-state index contributed by atoms with van der Waals surface area (Å²) in [5.74, 6) is 2.41. The first kappa shape index (κ1) is 20.8. The highest BCUT2D eigenvalue weighted by Gasteiger charge is 2.18. The maximum atomic E-state index is 6.27. The molecule has 6 heteroatoms. The molecule has 3 aromatic carbocycles. The predicted octanol–water partition coefficient (Wildman–Crippen LogP) is 6.67. The lowest BCUT2D eigenvalue weighted by molar-refractivity contribution is 0.211. The van der Waals surface area contributed by atoms with Crippen LogP contribution in [0.2, 0.25) is 5.02 Å². The van der Waals surface area contributed by atoms with Gasteiger partial charge in [0.15, 0.2) is 17.1 Å². The van der Waals surface area contributed by atoms with Crippen LogP contribution in [-0.2, 0) is 12.8 Å². The van der Waals surface area contributed by atoms with Gasteiger partial charge in [-0.25, -0.2) is 0 Å². The Balaban J connectivity index is 1.49. The number of halogens is 1. The second-order valence-electron chi connectivity index (χ2n) is 7.46. The van der Waals surface area contributed by atoms with E-state index in [9.17, 15) is 0 Å². The van der Waals surface area contributed by atoms with Gasteiger partial charge in [-0.3, -0.25) is 0 Å². The standard InChI is InChI=1S/C24H24ClN3OS/c1-15-12-20(13-16(2)22(15)25)29-17(3)23-26-27-24(28(23)4)30-14-19-10-7-9-18-8-5-6-11-21(18)19/h5-13,17H,14H2,1-4H3. The Morgan fingerprint density at radius 2 is 1.73 bits per heavy atom. The molecule has 0 radical (unpaired) electrons. The molecule has 4 rings (SSSR count). The Bertz CT molecular complexity index is 1180. The highest BCUT2D eigenvalue weighted by Crippen LogP contribution is 2.30. The highest BCUT2D eigenvalue weighted by molar-refractivity contribution is 7.98. The summed E-state index contributed by atoms with van der Waals surface area (Å²) in [6.07, 6.45) is -0.227. The lowest BCUT2D eigenvalue weighted by Gasteiger charge is -2.16. The van der Waals surface area contributed by atoms with Gasteiger partial charge in [-0.1, -0.05) is 65.8 Å². The maximum absolute atomic E-state index is 6.27. The van der Waals surface area contributed by atoms with Gasteiger partial charge >= 0.3 is 0 Å². The number of aryl methyl sites for hydroxylation is 2. The van der Waals surface area contributed by atoms with Crippen LogP contribution in [0.5, 0.6) is 5.75 Å². The molecule has 4 aromatic rings. The molecule has 1 aromatic heterocycles. The monoisotopic (exact) mass is 437 g/mol. The first-order valence-corrected chi connectivity index (χ1v) is 11.2. The lowest BCUT2D eigenvalue weighted by Crippen LogP contribution is -2.10. The Kier molecular flexibility index (Phi) is 6.02. The number of hydrogen-bond acceptors (Lipinski definition) is 4. The van der Waals surface area contributed by atoms with Gasteiger partial charge in [0.25, 0.3) is 0 Å². The number of aromatic nitrogens is 3. The fourth-order valence-corrected chi connectivity index (χ4v) is 4.63. The summed E-state index contributed by atoms with van der Waals surface area (Å²) in [5, 5.41) is 13.0. The van der Waals surface area contributed by atoms with E-state index in [2.05, 4.69) is 52.7 Å². The fourth-order valence-electron chi connectivity index (χ4n) is 3.60. The number of fused-ring (bicyclic) bond motifs is 1. The topological polar surface area (TPSA) is 39.9 Å². The summed E-state index contributed by atoms with van der Waals surface area (Å²) in [7, 11) is 1.99. The molecule has 0 N–H and O–H groups in total. The third-order valence-electron chi connectivity index (χ3n) is 5.19. The number of nitrogens with zero attached hydrogens (tertiary/aromatic N) is 3. The van der Waals surface area contributed by atoms with Crippen LogP contribution in [0, 0.1) is 13.8 Å². The van der Waals surface area contributed by atoms with Crippen LogP contribution in [0.1, 0.15) is 35.5 Å². The van der Waals surface area contributed by atoms with Crippen molar-refractivity contribution >= 4 is 34.1 Å². The average Bonchev–Trinajstić information content (AvgIpc) is 3.11. The number of benzene rings is 3. The molecule has 1 heterocycles. The molecule has 0 saturated heterocycles. The van der Waals surface area contributed by atoms with Gasteiger partial charge in [-0.2, -0.15) is 0 Å². The summed E-state index contributed by atoms with van der Waals surface area (Å²) >= 11 is 7.95. The van der Waals surface area contributed by atoms with Gasteiger partial charge < -0.3 is 9.30 Å². The van der Waals surface area contributed by atoms with E-state index in [1.807, 2.05) is 44.5 Å². The summed E-state index contributed by atoms with van der Waals surface area (Å²) in [6.45, 7) is 5.96. The van der Waals surface area contributed by atoms with E-state index in [-0.39, 0.29) is 6.10 Å². The summed E-state index contributed by atoms with van der Waals surface area (Å²) < 4.78 is 8.15. The second-order valence-corrected chi connectivity index (χ2v) is 8.78. The molecule has 0 spiro atoms. The first-order valence-electron chi connectivity index (χ1n) is 9.86. The van der Waals surface area contributed by atoms with E-state index in [1.165, 1.54) is 16.3 Å². The summed E-state index contributed by atoms with van der Waals surface area (Å²) in [5.41, 5.74) is 3.30. The van der Waals surface area contributed by atoms with Crippen LogP contribution in [0.15, 0.2) is 59.8 Å². The molecule has 4 nitrogen and oxygen atoms in total. The zero-order valence-electron chi connectivity index (χ0n) is 17.5. The molecule has 0 aliphatic heterocycles. The van der Waals surface area contributed by atoms with E-state index >= 15 is 0 Å². The van der Waals surface area contributed by atoms with Gasteiger partial charge in [0.05, 0.1) is 0 Å². The van der Waals surface area contributed by atoms with E-state index in [1.54, 1.807) is 11.8 Å². The van der Waals surface area contributed by atoms with Crippen molar-refractivity contribution in [2.75, 3.05) is 0 Å². The van der Waals surface area contributed by atoms with Crippen LogP contribution in [-0.4, -0.2) is 14.8 Å². The largest absolute Gasteiger partial charge is 0.483 e. The van der Waals surface area contributed by atoms with Crippen molar-refractivity contribution in [2.45, 2.75) is 37.8 Å². The molecular weight excluding hydrogens is 414 g/mol. The zero-order valence-corrected chi connectivity index (χ0v) is 19.1. The van der Waals surface area contributed by atoms with Gasteiger partial charge in [-0.15, -0.1) is 10.2 Å². The van der Waals surface area contributed by atoms with Crippen molar-refractivity contribution in [2.24, 2.45) is 7.05 Å². The number of hydrogen-bond donors (Lipinski definition) is 0. The van der Waals surface area contributed by atoms with Crippen LogP contribution in [0.3, 0.4) is 0 Å². The number of rotatable bonds is 6. The molecule has 0 aliphatic carbocycles. The maximum Gasteiger partial charge on any atom is 0.191 e. The van der Waals surface area contributed by atoms with Crippen LogP contribution in [0.25, 0.3) is 10.8 Å². The molecule has 1 atom stereocenters. The quantitative estimate of drug-likeness (QED) is 0.316. The van der Waals surface area contributed by atoms with Crippen molar-refractivity contribution in [3.63, 3.8) is 0 Å². The third kappa shape index (κ3) is 4.18. The van der Waals surface area contributed by atoms with E-state index in [4.69, 9.17) is 16.3 Å². The van der Waals surface area contributed by atoms with Crippen LogP contribution in [0.4, 0.5) is 0 Å². The molecule has 0 bridgehead atoms. The number of ether oxygens (including phenoxy) is 1. The second kappa shape index (κ2) is 8.70. The van der Waals surface area contributed by atoms with Gasteiger partial charge in [0.1, 0.15) is 5.75 Å². The Hall–Kier alpha value is -2.50. The minimum Gasteiger partial charge on any atom is -0.483 e. The van der Waals surface area contributed by atoms with E-state index < -0.39 is 0 Å². The van der Waals surface area contributed by atoms with Crippen molar-refractivity contribution in [1.29, 1.82) is 0 Å². The van der Waals surface area contributed by atoms with Gasteiger partial charge in [0.2, 0.25) is 0 Å². The van der Waals surface area contributed by atoms with Crippen molar-refractivity contribution in [3.8, 4) is 5.75 Å². The summed E-state index contributed by atoms with van der Waals surface area (Å²) in [4.78, 5) is 0. The molecule has 154 valence electrons. The van der Waals surface area contributed by atoms with Crippen LogP contribution < -0.4 is 4.74 Å². The molecular formula is C24H24ClN3OS. The Morgan fingerprint density at radius 3 is 2.50 bits per heavy atom. The van der Waals surface area contributed by atoms with Crippen molar-refractivity contribution < 1.29 is 4.74 Å². The Labute approximate surface area is 186 Å². The SMILES string of the molecule is Cc1cc(OC(C)c2nnc(SCc3cccc4ccccc34)n2C)cc(C)c1Cl. The van der Waals surface area contributed by atoms with E-state index in [0.29, 0.717) is 0 Å². The lowest BCUT2D eigenvalue weighted by atomic mass is 10.1. The molecule has 0 fully saturated rings. The minimum absolute atomic E-state index is 0.227. The molecule has 1 unspecified atom stereocenters. The molecule has 0 amide bonds. The van der Waals surface area contributed by atoms with E-state index in [0.717, 1.165) is 38.6 Å². The third-order valence-corrected chi connectivity index (χ3v) is 6.86. The molecule has 0 saturated carbocycles. The zero-order chi connectivity index (χ0) is 21.3. The predicted molar refractivity (Wildman–Crippen MR) is 124 cm³/mol. The minimum atomic E-state index is -0.227. The van der Waals surface area contributed by atoms with Gasteiger partial charge in [-0.05, 0) is 60.4 Å². The smallest absolute Gasteiger partial charge is 0.191 e. The first-order chi connectivity index (χ1) is 14.4. The normalized spacial score (nSPS) is 12.3. The number of thioether (sulfide) groups is 1. The van der Waals surface area contributed by atoms with Crippen molar-refractivity contribution in [3.05, 3.63) is 82.1 Å². The fraction of sp³-hybridized carbons (Fsp3) is 0.250. The Morgan fingerprint density at radius 1 is 1.03 bits per heavy atom. The van der Waals surface area contributed by atoms with Crippen molar-refractivity contribution in [1.82, 2.24) is 14.8 Å². The van der Waals surface area contributed by atoms with Crippen LogP contribution >= 0.6 is 23.4 Å². The highest BCUT2D eigenvalue weighted by atomic mass is 35.5. The average molecular weight is 438 g/mol. The van der Waals surface area contributed by atoms with Gasteiger partial charge in [0, 0.05) is 17.8 Å². The molecule has 0 aliphatic rings. The molecule has 30 heavy (non-hydrogen) atoms.